The van der Waals surface area contributed by atoms with E-state index in [0.717, 1.165) is 0 Å². The SMILES string of the molecule is CCOC(=O)c1csc(Oc2ccc(Cl)cc2)n1. The third-order valence-electron chi connectivity index (χ3n) is 1.99. The molecule has 2 aromatic rings. The van der Waals surface area contributed by atoms with Crippen LogP contribution < -0.4 is 4.74 Å². The molecule has 0 aliphatic carbocycles. The summed E-state index contributed by atoms with van der Waals surface area (Å²) in [5, 5.41) is 2.62. The van der Waals surface area contributed by atoms with Gasteiger partial charge in [-0.05, 0) is 31.2 Å². The zero-order valence-electron chi connectivity index (χ0n) is 9.55. The van der Waals surface area contributed by atoms with E-state index in [0.29, 0.717) is 22.6 Å². The molecule has 94 valence electrons. The summed E-state index contributed by atoms with van der Waals surface area (Å²) in [5.41, 5.74) is 0.255. The molecule has 4 nitrogen and oxygen atoms in total. The lowest BCUT2D eigenvalue weighted by molar-refractivity contribution is 0.0520. The van der Waals surface area contributed by atoms with Crippen LogP contribution >= 0.6 is 22.9 Å². The van der Waals surface area contributed by atoms with E-state index in [-0.39, 0.29) is 5.69 Å². The van der Waals surface area contributed by atoms with Crippen LogP contribution in [0.15, 0.2) is 29.6 Å². The predicted molar refractivity (Wildman–Crippen MR) is 69.6 cm³/mol. The zero-order chi connectivity index (χ0) is 13.0. The van der Waals surface area contributed by atoms with Crippen LogP contribution in [0.3, 0.4) is 0 Å². The van der Waals surface area contributed by atoms with Crippen molar-refractivity contribution in [1.82, 2.24) is 4.98 Å². The smallest absolute Gasteiger partial charge is 0.357 e. The lowest BCUT2D eigenvalue weighted by Crippen LogP contribution is -2.04. The summed E-state index contributed by atoms with van der Waals surface area (Å²) in [6.45, 7) is 2.07. The Labute approximate surface area is 113 Å². The van der Waals surface area contributed by atoms with E-state index in [1.54, 1.807) is 36.6 Å². The molecular formula is C12H10ClNO3S. The van der Waals surface area contributed by atoms with Gasteiger partial charge in [-0.1, -0.05) is 22.9 Å². The Bertz CT molecular complexity index is 539. The zero-order valence-corrected chi connectivity index (χ0v) is 11.1. The number of thiazole rings is 1. The minimum absolute atomic E-state index is 0.255. The molecule has 0 saturated carbocycles. The number of nitrogens with zero attached hydrogens (tertiary/aromatic N) is 1. The van der Waals surface area contributed by atoms with Crippen molar-refractivity contribution in [2.45, 2.75) is 6.92 Å². The number of rotatable bonds is 4. The summed E-state index contributed by atoms with van der Waals surface area (Å²) in [5.74, 6) is 0.170. The van der Waals surface area contributed by atoms with Crippen molar-refractivity contribution in [1.29, 1.82) is 0 Å². The summed E-state index contributed by atoms with van der Waals surface area (Å²) < 4.78 is 10.3. The number of hydrogen-bond donors (Lipinski definition) is 0. The third kappa shape index (κ3) is 3.21. The molecule has 0 fully saturated rings. The van der Waals surface area contributed by atoms with Crippen molar-refractivity contribution in [3.05, 3.63) is 40.4 Å². The summed E-state index contributed by atoms with van der Waals surface area (Å²) in [7, 11) is 0. The molecule has 6 heteroatoms. The van der Waals surface area contributed by atoms with E-state index in [4.69, 9.17) is 21.1 Å². The second-order valence-electron chi connectivity index (χ2n) is 3.28. The van der Waals surface area contributed by atoms with Gasteiger partial charge in [0.1, 0.15) is 5.75 Å². The molecule has 18 heavy (non-hydrogen) atoms. The molecule has 0 N–H and O–H groups in total. The lowest BCUT2D eigenvalue weighted by Gasteiger charge is -2.00. The van der Waals surface area contributed by atoms with Gasteiger partial charge in [0.05, 0.1) is 6.61 Å². The number of benzene rings is 1. The van der Waals surface area contributed by atoms with Gasteiger partial charge in [0.2, 0.25) is 0 Å². The normalized spacial score (nSPS) is 10.1. The molecule has 0 atom stereocenters. The topological polar surface area (TPSA) is 48.4 Å². The van der Waals surface area contributed by atoms with Gasteiger partial charge < -0.3 is 9.47 Å². The van der Waals surface area contributed by atoms with Crippen molar-refractivity contribution < 1.29 is 14.3 Å². The van der Waals surface area contributed by atoms with Crippen molar-refractivity contribution in [3.8, 4) is 10.9 Å². The Morgan fingerprint density at radius 3 is 2.78 bits per heavy atom. The first-order valence-electron chi connectivity index (χ1n) is 5.25. The maximum atomic E-state index is 11.4. The molecular weight excluding hydrogens is 274 g/mol. The number of halogens is 1. The molecule has 1 heterocycles. The van der Waals surface area contributed by atoms with Crippen molar-refractivity contribution >= 4 is 28.9 Å². The van der Waals surface area contributed by atoms with Crippen molar-refractivity contribution in [3.63, 3.8) is 0 Å². The van der Waals surface area contributed by atoms with Crippen molar-refractivity contribution in [2.75, 3.05) is 6.61 Å². The van der Waals surface area contributed by atoms with Crippen LogP contribution in [0.25, 0.3) is 0 Å². The van der Waals surface area contributed by atoms with Crippen molar-refractivity contribution in [2.24, 2.45) is 0 Å². The third-order valence-corrected chi connectivity index (χ3v) is 2.96. The molecule has 0 radical (unpaired) electrons. The summed E-state index contributed by atoms with van der Waals surface area (Å²) >= 11 is 7.00. The number of ether oxygens (including phenoxy) is 2. The quantitative estimate of drug-likeness (QED) is 0.802. The molecule has 0 bridgehead atoms. The van der Waals surface area contributed by atoms with Gasteiger partial charge >= 0.3 is 5.97 Å². The van der Waals surface area contributed by atoms with Crippen LogP contribution in [0.1, 0.15) is 17.4 Å². The van der Waals surface area contributed by atoms with E-state index >= 15 is 0 Å². The number of aromatic nitrogens is 1. The highest BCUT2D eigenvalue weighted by Crippen LogP contribution is 2.26. The number of hydrogen-bond acceptors (Lipinski definition) is 5. The van der Waals surface area contributed by atoms with Gasteiger partial charge in [0.25, 0.3) is 5.19 Å². The van der Waals surface area contributed by atoms with Gasteiger partial charge in [0, 0.05) is 10.4 Å². The van der Waals surface area contributed by atoms with Gasteiger partial charge in [-0.15, -0.1) is 0 Å². The first-order valence-corrected chi connectivity index (χ1v) is 6.51. The van der Waals surface area contributed by atoms with Crippen LogP contribution in [-0.4, -0.2) is 17.6 Å². The molecule has 0 aliphatic rings. The average molecular weight is 284 g/mol. The van der Waals surface area contributed by atoms with Gasteiger partial charge in [-0.2, -0.15) is 4.98 Å². The molecule has 0 unspecified atom stereocenters. The second-order valence-corrected chi connectivity index (χ2v) is 4.53. The fourth-order valence-corrected chi connectivity index (χ4v) is 1.99. The minimum atomic E-state index is -0.445. The van der Waals surface area contributed by atoms with Gasteiger partial charge in [0.15, 0.2) is 5.69 Å². The van der Waals surface area contributed by atoms with Gasteiger partial charge in [-0.3, -0.25) is 0 Å². The molecule has 0 saturated heterocycles. The van der Waals surface area contributed by atoms with E-state index in [2.05, 4.69) is 4.98 Å². The van der Waals surface area contributed by atoms with Crippen LogP contribution in [0, 0.1) is 0 Å². The Kier molecular flexibility index (Phi) is 4.17. The first-order chi connectivity index (χ1) is 8.69. The predicted octanol–water partition coefficient (Wildman–Crippen LogP) is 3.77. The highest BCUT2D eigenvalue weighted by atomic mass is 35.5. The maximum absolute atomic E-state index is 11.4. The largest absolute Gasteiger partial charge is 0.461 e. The van der Waals surface area contributed by atoms with E-state index < -0.39 is 5.97 Å². The Hall–Kier alpha value is -1.59. The van der Waals surface area contributed by atoms with Crippen LogP contribution in [-0.2, 0) is 4.74 Å². The van der Waals surface area contributed by atoms with E-state index in [9.17, 15) is 4.79 Å². The fraction of sp³-hybridized carbons (Fsp3) is 0.167. The summed E-state index contributed by atoms with van der Waals surface area (Å²) in [6.07, 6.45) is 0. The summed E-state index contributed by atoms with van der Waals surface area (Å²) in [4.78, 5) is 15.4. The molecule has 0 aliphatic heterocycles. The number of carbonyl (C=O) groups is 1. The molecule has 0 spiro atoms. The van der Waals surface area contributed by atoms with Gasteiger partial charge in [-0.25, -0.2) is 4.79 Å². The fourth-order valence-electron chi connectivity index (χ4n) is 1.21. The summed E-state index contributed by atoms with van der Waals surface area (Å²) in [6, 6.07) is 6.90. The number of carbonyl (C=O) groups excluding carboxylic acids is 1. The van der Waals surface area contributed by atoms with Crippen LogP contribution in [0.2, 0.25) is 5.02 Å². The van der Waals surface area contributed by atoms with E-state index in [1.165, 1.54) is 11.3 Å². The first kappa shape index (κ1) is 12.9. The lowest BCUT2D eigenvalue weighted by atomic mass is 10.3. The highest BCUT2D eigenvalue weighted by Gasteiger charge is 2.12. The standard InChI is InChI=1S/C12H10ClNO3S/c1-2-16-11(15)10-7-18-12(14-10)17-9-5-3-8(13)4-6-9/h3-7H,2H2,1H3. The minimum Gasteiger partial charge on any atom is -0.461 e. The molecule has 1 aromatic carbocycles. The molecule has 1 aromatic heterocycles. The Morgan fingerprint density at radius 1 is 1.39 bits per heavy atom. The van der Waals surface area contributed by atoms with Crippen LogP contribution in [0.4, 0.5) is 0 Å². The maximum Gasteiger partial charge on any atom is 0.357 e. The Balaban J connectivity index is 2.06. The average Bonchev–Trinajstić information content (AvgIpc) is 2.81. The highest BCUT2D eigenvalue weighted by molar-refractivity contribution is 7.11. The molecule has 2 rings (SSSR count). The second kappa shape index (κ2) is 5.84. The number of esters is 1. The monoisotopic (exact) mass is 283 g/mol. The van der Waals surface area contributed by atoms with E-state index in [1.807, 2.05) is 0 Å². The molecule has 0 amide bonds. The van der Waals surface area contributed by atoms with Crippen LogP contribution in [0.5, 0.6) is 10.9 Å². The Morgan fingerprint density at radius 2 is 2.11 bits per heavy atom.